The number of piperazine rings is 1. The highest BCUT2D eigenvalue weighted by molar-refractivity contribution is 7.80. The average Bonchev–Trinajstić information content (AvgIpc) is 3.37. The normalized spacial score (nSPS) is 13.3. The Balaban J connectivity index is 1.12. The second-order valence-corrected chi connectivity index (χ2v) is 9.02. The lowest BCUT2D eigenvalue weighted by Crippen LogP contribution is -2.48. The van der Waals surface area contributed by atoms with Gasteiger partial charge in [-0.15, -0.1) is 0 Å². The molecule has 1 aliphatic rings. The van der Waals surface area contributed by atoms with E-state index in [0.717, 1.165) is 35.4 Å². The van der Waals surface area contributed by atoms with Gasteiger partial charge in [0, 0.05) is 48.5 Å². The summed E-state index contributed by atoms with van der Waals surface area (Å²) < 4.78 is 10.9. The fourth-order valence-electron chi connectivity index (χ4n) is 4.25. The van der Waals surface area contributed by atoms with Crippen molar-refractivity contribution in [2.75, 3.05) is 43.5 Å². The molecular weight excluding hydrogens is 488 g/mol. The number of thiocarbonyl (C=S) groups is 1. The number of carbonyl (C=O) groups excluding carboxylic acids is 2. The molecule has 1 fully saturated rings. The number of para-hydroxylation sites is 1. The van der Waals surface area contributed by atoms with Gasteiger partial charge in [0.2, 0.25) is 0 Å². The third kappa shape index (κ3) is 5.57. The highest BCUT2D eigenvalue weighted by Crippen LogP contribution is 2.23. The molecule has 4 aromatic rings. The molecule has 37 heavy (non-hydrogen) atoms. The zero-order valence-electron chi connectivity index (χ0n) is 20.3. The van der Waals surface area contributed by atoms with E-state index in [1.54, 1.807) is 37.4 Å². The van der Waals surface area contributed by atoms with Gasteiger partial charge in [-0.3, -0.25) is 14.9 Å². The van der Waals surface area contributed by atoms with Crippen LogP contribution in [0.25, 0.3) is 11.0 Å². The van der Waals surface area contributed by atoms with Crippen LogP contribution >= 0.6 is 12.2 Å². The molecule has 8 nitrogen and oxygen atoms in total. The number of hydrogen-bond donors (Lipinski definition) is 2. The number of hydrogen-bond acceptors (Lipinski definition) is 6. The lowest BCUT2D eigenvalue weighted by atomic mass is 10.2. The number of benzene rings is 3. The predicted octanol–water partition coefficient (Wildman–Crippen LogP) is 4.53. The smallest absolute Gasteiger partial charge is 0.289 e. The van der Waals surface area contributed by atoms with E-state index in [1.807, 2.05) is 53.4 Å². The van der Waals surface area contributed by atoms with Crippen LogP contribution in [0.4, 0.5) is 11.4 Å². The van der Waals surface area contributed by atoms with Gasteiger partial charge < -0.3 is 24.3 Å². The standard InChI is InChI=1S/C28H26N4O4S/c1-35-23-12-6-19(7-13-23)26(33)30-28(37)29-21-8-10-22(11-9-21)31-14-16-32(17-15-31)27(34)25-18-20-4-2-3-5-24(20)36-25/h2-13,18H,14-17H2,1H3,(H2,29,30,33,37). The number of ether oxygens (including phenoxy) is 1. The minimum atomic E-state index is -0.299. The Bertz CT molecular complexity index is 1390. The van der Waals surface area contributed by atoms with Crippen molar-refractivity contribution in [3.05, 3.63) is 90.2 Å². The molecule has 188 valence electrons. The first kappa shape index (κ1) is 24.3. The van der Waals surface area contributed by atoms with Crippen molar-refractivity contribution in [3.63, 3.8) is 0 Å². The number of nitrogens with zero attached hydrogens (tertiary/aromatic N) is 2. The molecule has 2 N–H and O–H groups in total. The van der Waals surface area contributed by atoms with Crippen molar-refractivity contribution >= 4 is 51.5 Å². The van der Waals surface area contributed by atoms with E-state index in [2.05, 4.69) is 15.5 Å². The molecule has 5 rings (SSSR count). The molecule has 1 aliphatic heterocycles. The minimum absolute atomic E-state index is 0.0828. The zero-order chi connectivity index (χ0) is 25.8. The van der Waals surface area contributed by atoms with Crippen LogP contribution in [0.3, 0.4) is 0 Å². The van der Waals surface area contributed by atoms with Gasteiger partial charge >= 0.3 is 0 Å². The number of furan rings is 1. The summed E-state index contributed by atoms with van der Waals surface area (Å²) in [6, 6.07) is 24.0. The lowest BCUT2D eigenvalue weighted by Gasteiger charge is -2.35. The Kier molecular flexibility index (Phi) is 7.04. The van der Waals surface area contributed by atoms with Gasteiger partial charge in [-0.1, -0.05) is 18.2 Å². The van der Waals surface area contributed by atoms with Gasteiger partial charge in [-0.25, -0.2) is 0 Å². The summed E-state index contributed by atoms with van der Waals surface area (Å²) in [7, 11) is 1.57. The van der Waals surface area contributed by atoms with Crippen LogP contribution in [0.1, 0.15) is 20.9 Å². The maximum Gasteiger partial charge on any atom is 0.289 e. The third-order valence-electron chi connectivity index (χ3n) is 6.27. The molecule has 0 radical (unpaired) electrons. The molecule has 0 bridgehead atoms. The molecule has 0 saturated carbocycles. The van der Waals surface area contributed by atoms with E-state index in [4.69, 9.17) is 21.4 Å². The van der Waals surface area contributed by atoms with Crippen LogP contribution in [0.15, 0.2) is 83.3 Å². The largest absolute Gasteiger partial charge is 0.497 e. The van der Waals surface area contributed by atoms with Crippen molar-refractivity contribution in [1.29, 1.82) is 0 Å². The van der Waals surface area contributed by atoms with E-state index in [-0.39, 0.29) is 16.9 Å². The first-order chi connectivity index (χ1) is 18.0. The van der Waals surface area contributed by atoms with Crippen molar-refractivity contribution in [3.8, 4) is 5.75 Å². The van der Waals surface area contributed by atoms with Crippen molar-refractivity contribution < 1.29 is 18.7 Å². The molecular formula is C28H26N4O4S. The van der Waals surface area contributed by atoms with Crippen LogP contribution in [0, 0.1) is 0 Å². The zero-order valence-corrected chi connectivity index (χ0v) is 21.1. The summed E-state index contributed by atoms with van der Waals surface area (Å²) in [5, 5.41) is 6.86. The highest BCUT2D eigenvalue weighted by Gasteiger charge is 2.24. The van der Waals surface area contributed by atoms with Gasteiger partial charge in [0.1, 0.15) is 11.3 Å². The van der Waals surface area contributed by atoms with Gasteiger partial charge in [0.15, 0.2) is 10.9 Å². The van der Waals surface area contributed by atoms with E-state index < -0.39 is 0 Å². The maximum atomic E-state index is 12.9. The summed E-state index contributed by atoms with van der Waals surface area (Å²) in [6.07, 6.45) is 0. The fourth-order valence-corrected chi connectivity index (χ4v) is 4.46. The third-order valence-corrected chi connectivity index (χ3v) is 6.48. The molecule has 1 saturated heterocycles. The number of fused-ring (bicyclic) bond motifs is 1. The van der Waals surface area contributed by atoms with Crippen LogP contribution in [-0.4, -0.2) is 55.1 Å². The van der Waals surface area contributed by atoms with Gasteiger partial charge in [-0.2, -0.15) is 0 Å². The Hall–Kier alpha value is -4.37. The number of carbonyl (C=O) groups is 2. The molecule has 9 heteroatoms. The lowest BCUT2D eigenvalue weighted by molar-refractivity contribution is 0.0717. The van der Waals surface area contributed by atoms with Gasteiger partial charge in [0.05, 0.1) is 7.11 Å². The molecule has 2 heterocycles. The van der Waals surface area contributed by atoms with Gasteiger partial charge in [-0.05, 0) is 72.9 Å². The second kappa shape index (κ2) is 10.7. The molecule has 3 aromatic carbocycles. The average molecular weight is 515 g/mol. The quantitative estimate of drug-likeness (QED) is 0.379. The molecule has 0 unspecified atom stereocenters. The van der Waals surface area contributed by atoms with Crippen molar-refractivity contribution in [1.82, 2.24) is 10.2 Å². The van der Waals surface area contributed by atoms with Crippen LogP contribution in [-0.2, 0) is 0 Å². The topological polar surface area (TPSA) is 87.0 Å². The number of anilines is 2. The number of methoxy groups -OCH3 is 1. The summed E-state index contributed by atoms with van der Waals surface area (Å²) in [6.45, 7) is 2.65. The Morgan fingerprint density at radius 1 is 0.919 bits per heavy atom. The fraction of sp³-hybridized carbons (Fsp3) is 0.179. The summed E-state index contributed by atoms with van der Waals surface area (Å²) in [5.74, 6) is 0.670. The predicted molar refractivity (Wildman–Crippen MR) is 147 cm³/mol. The molecule has 0 aliphatic carbocycles. The van der Waals surface area contributed by atoms with E-state index in [0.29, 0.717) is 30.2 Å². The number of rotatable bonds is 5. The van der Waals surface area contributed by atoms with Crippen LogP contribution in [0.5, 0.6) is 5.75 Å². The summed E-state index contributed by atoms with van der Waals surface area (Å²) in [5.41, 5.74) is 3.02. The maximum absolute atomic E-state index is 12.9. The van der Waals surface area contributed by atoms with Gasteiger partial charge in [0.25, 0.3) is 11.8 Å². The molecule has 0 spiro atoms. The first-order valence-corrected chi connectivity index (χ1v) is 12.3. The highest BCUT2D eigenvalue weighted by atomic mass is 32.1. The Labute approximate surface area is 219 Å². The van der Waals surface area contributed by atoms with Crippen LogP contribution < -0.4 is 20.3 Å². The van der Waals surface area contributed by atoms with Crippen molar-refractivity contribution in [2.24, 2.45) is 0 Å². The summed E-state index contributed by atoms with van der Waals surface area (Å²) >= 11 is 5.29. The van der Waals surface area contributed by atoms with Crippen molar-refractivity contribution in [2.45, 2.75) is 0 Å². The molecule has 1 aromatic heterocycles. The number of nitrogens with one attached hydrogen (secondary N) is 2. The summed E-state index contributed by atoms with van der Waals surface area (Å²) in [4.78, 5) is 29.4. The number of amides is 2. The SMILES string of the molecule is COc1ccc(C(=O)NC(=S)Nc2ccc(N3CCN(C(=O)c4cc5ccccc5o4)CC3)cc2)cc1. The Morgan fingerprint density at radius 3 is 2.30 bits per heavy atom. The Morgan fingerprint density at radius 2 is 1.62 bits per heavy atom. The minimum Gasteiger partial charge on any atom is -0.497 e. The first-order valence-electron chi connectivity index (χ1n) is 11.9. The van der Waals surface area contributed by atoms with E-state index in [9.17, 15) is 9.59 Å². The monoisotopic (exact) mass is 514 g/mol. The van der Waals surface area contributed by atoms with Crippen LogP contribution in [0.2, 0.25) is 0 Å². The molecule has 0 atom stereocenters. The molecule has 2 amide bonds. The van der Waals surface area contributed by atoms with E-state index >= 15 is 0 Å². The van der Waals surface area contributed by atoms with E-state index in [1.165, 1.54) is 0 Å². The second-order valence-electron chi connectivity index (χ2n) is 8.61.